The van der Waals surface area contributed by atoms with Crippen LogP contribution >= 0.6 is 0 Å². The van der Waals surface area contributed by atoms with E-state index in [0.29, 0.717) is 12.6 Å². The van der Waals surface area contributed by atoms with E-state index >= 15 is 0 Å². The standard InChI is InChI=1S/C25H32N4O2Si/c1-18-15-20(7-8-21(18)24-19(2)16-27-28(24)3)31-25-22-10-12-29(23(22)9-11-26-25)17-30-13-14-32(4,5)6/h7-12,15-16H,13-14,17H2,1-6H3. The molecule has 0 aliphatic rings. The van der Waals surface area contributed by atoms with Crippen molar-refractivity contribution < 1.29 is 9.47 Å². The van der Waals surface area contributed by atoms with Crippen LogP contribution in [0.5, 0.6) is 11.6 Å². The van der Waals surface area contributed by atoms with Crippen LogP contribution in [0.4, 0.5) is 0 Å². The fourth-order valence-corrected chi connectivity index (χ4v) is 4.60. The van der Waals surface area contributed by atoms with Gasteiger partial charge in [0.15, 0.2) is 0 Å². The third kappa shape index (κ3) is 4.79. The first-order chi connectivity index (χ1) is 15.2. The Balaban J connectivity index is 1.52. The minimum Gasteiger partial charge on any atom is -0.438 e. The summed E-state index contributed by atoms with van der Waals surface area (Å²) in [6, 6.07) is 11.3. The van der Waals surface area contributed by atoms with Crippen molar-refractivity contribution in [3.63, 3.8) is 0 Å². The SMILES string of the molecule is Cc1cc(Oc2nccc3c2ccn3COCC[Si](C)(C)C)ccc1-c1c(C)cnn1C. The van der Waals surface area contributed by atoms with E-state index in [9.17, 15) is 0 Å². The Hall–Kier alpha value is -2.90. The Morgan fingerprint density at radius 3 is 2.53 bits per heavy atom. The number of ether oxygens (including phenoxy) is 2. The van der Waals surface area contributed by atoms with Crippen molar-refractivity contribution in [2.24, 2.45) is 7.05 Å². The third-order valence-corrected chi connectivity index (χ3v) is 7.38. The van der Waals surface area contributed by atoms with E-state index in [2.05, 4.69) is 60.3 Å². The van der Waals surface area contributed by atoms with Crippen LogP contribution in [0.2, 0.25) is 25.7 Å². The highest BCUT2D eigenvalue weighted by Crippen LogP contribution is 2.33. The Kier molecular flexibility index (Phi) is 6.21. The molecule has 32 heavy (non-hydrogen) atoms. The van der Waals surface area contributed by atoms with E-state index in [-0.39, 0.29) is 0 Å². The molecule has 0 N–H and O–H groups in total. The summed E-state index contributed by atoms with van der Waals surface area (Å²) in [4.78, 5) is 4.49. The second kappa shape index (κ2) is 8.92. The van der Waals surface area contributed by atoms with E-state index in [4.69, 9.17) is 9.47 Å². The third-order valence-electron chi connectivity index (χ3n) is 5.68. The normalized spacial score (nSPS) is 11.9. The van der Waals surface area contributed by atoms with Crippen molar-refractivity contribution in [1.82, 2.24) is 19.3 Å². The lowest BCUT2D eigenvalue weighted by Crippen LogP contribution is -2.21. The summed E-state index contributed by atoms with van der Waals surface area (Å²) in [5, 5.41) is 5.34. The molecule has 0 aliphatic carbocycles. The summed E-state index contributed by atoms with van der Waals surface area (Å²) < 4.78 is 16.2. The number of nitrogens with zero attached hydrogens (tertiary/aromatic N) is 4. The van der Waals surface area contributed by atoms with Crippen LogP contribution in [0.25, 0.3) is 22.2 Å². The van der Waals surface area contributed by atoms with Crippen molar-refractivity contribution in [3.8, 4) is 22.9 Å². The summed E-state index contributed by atoms with van der Waals surface area (Å²) in [5.41, 5.74) is 5.63. The molecule has 0 fully saturated rings. The Bertz CT molecular complexity index is 1220. The average Bonchev–Trinajstić information content (AvgIpc) is 3.29. The summed E-state index contributed by atoms with van der Waals surface area (Å²) in [6.45, 7) is 12.6. The van der Waals surface area contributed by atoms with Gasteiger partial charge in [0, 0.05) is 39.7 Å². The van der Waals surface area contributed by atoms with Gasteiger partial charge in [0.1, 0.15) is 12.5 Å². The molecule has 4 rings (SSSR count). The maximum atomic E-state index is 6.21. The average molecular weight is 449 g/mol. The molecule has 0 spiro atoms. The monoisotopic (exact) mass is 448 g/mol. The molecule has 0 aliphatic heterocycles. The van der Waals surface area contributed by atoms with Crippen molar-refractivity contribution in [2.75, 3.05) is 6.61 Å². The molecule has 0 radical (unpaired) electrons. The van der Waals surface area contributed by atoms with Crippen molar-refractivity contribution in [3.05, 3.63) is 60.0 Å². The lowest BCUT2D eigenvalue weighted by atomic mass is 10.0. The Labute approximate surface area is 190 Å². The number of benzene rings is 1. The summed E-state index contributed by atoms with van der Waals surface area (Å²) >= 11 is 0. The van der Waals surface area contributed by atoms with Gasteiger partial charge in [0.2, 0.25) is 5.88 Å². The molecule has 0 bridgehead atoms. The van der Waals surface area contributed by atoms with E-state index < -0.39 is 8.07 Å². The van der Waals surface area contributed by atoms with Gasteiger partial charge < -0.3 is 14.0 Å². The van der Waals surface area contributed by atoms with E-state index in [1.807, 2.05) is 42.3 Å². The second-order valence-corrected chi connectivity index (χ2v) is 15.2. The zero-order valence-electron chi connectivity index (χ0n) is 19.8. The van der Waals surface area contributed by atoms with Crippen LogP contribution in [0.15, 0.2) is 48.9 Å². The highest BCUT2D eigenvalue weighted by Gasteiger charge is 2.14. The highest BCUT2D eigenvalue weighted by atomic mass is 28.3. The predicted molar refractivity (Wildman–Crippen MR) is 132 cm³/mol. The summed E-state index contributed by atoms with van der Waals surface area (Å²) in [5.74, 6) is 1.37. The lowest BCUT2D eigenvalue weighted by molar-refractivity contribution is 0.0902. The molecule has 0 atom stereocenters. The second-order valence-electron chi connectivity index (χ2n) is 9.56. The van der Waals surface area contributed by atoms with E-state index in [1.165, 1.54) is 0 Å². The highest BCUT2D eigenvalue weighted by molar-refractivity contribution is 6.76. The van der Waals surface area contributed by atoms with Crippen molar-refractivity contribution in [2.45, 2.75) is 46.3 Å². The van der Waals surface area contributed by atoms with Gasteiger partial charge in [-0.25, -0.2) is 4.98 Å². The molecule has 168 valence electrons. The van der Waals surface area contributed by atoms with Gasteiger partial charge in [-0.3, -0.25) is 4.68 Å². The number of hydrogen-bond donors (Lipinski definition) is 0. The number of rotatable bonds is 8. The molecule has 0 unspecified atom stereocenters. The summed E-state index contributed by atoms with van der Waals surface area (Å²) in [6.07, 6.45) is 5.72. The lowest BCUT2D eigenvalue weighted by Gasteiger charge is -2.15. The van der Waals surface area contributed by atoms with Crippen LogP contribution in [-0.4, -0.2) is 34.0 Å². The molecule has 0 saturated heterocycles. The topological polar surface area (TPSA) is 54.1 Å². The zero-order valence-corrected chi connectivity index (χ0v) is 20.8. The van der Waals surface area contributed by atoms with Crippen LogP contribution in [-0.2, 0) is 18.5 Å². The number of aryl methyl sites for hydroxylation is 3. The minimum atomic E-state index is -1.09. The summed E-state index contributed by atoms with van der Waals surface area (Å²) in [7, 11) is 0.881. The van der Waals surface area contributed by atoms with Crippen molar-refractivity contribution in [1.29, 1.82) is 0 Å². The number of hydrogen-bond acceptors (Lipinski definition) is 4. The fraction of sp³-hybridized carbons (Fsp3) is 0.360. The van der Waals surface area contributed by atoms with Gasteiger partial charge in [-0.2, -0.15) is 5.10 Å². The number of fused-ring (bicyclic) bond motifs is 1. The van der Waals surface area contributed by atoms with Crippen LogP contribution in [0, 0.1) is 13.8 Å². The van der Waals surface area contributed by atoms with Gasteiger partial charge >= 0.3 is 0 Å². The van der Waals surface area contributed by atoms with Gasteiger partial charge in [0.25, 0.3) is 0 Å². The van der Waals surface area contributed by atoms with Crippen LogP contribution in [0.3, 0.4) is 0 Å². The molecular formula is C25H32N4O2Si. The molecule has 3 heterocycles. The molecule has 7 heteroatoms. The zero-order chi connectivity index (χ0) is 22.9. The maximum absolute atomic E-state index is 6.21. The predicted octanol–water partition coefficient (Wildman–Crippen LogP) is 6.16. The molecule has 3 aromatic heterocycles. The Morgan fingerprint density at radius 2 is 1.84 bits per heavy atom. The van der Waals surface area contributed by atoms with E-state index in [0.717, 1.165) is 51.7 Å². The molecule has 1 aromatic carbocycles. The van der Waals surface area contributed by atoms with Gasteiger partial charge in [0.05, 0.1) is 22.8 Å². The van der Waals surface area contributed by atoms with Gasteiger partial charge in [-0.1, -0.05) is 19.6 Å². The molecule has 0 saturated carbocycles. The smallest absolute Gasteiger partial charge is 0.228 e. The quantitative estimate of drug-likeness (QED) is 0.239. The minimum absolute atomic E-state index is 0.537. The van der Waals surface area contributed by atoms with Crippen molar-refractivity contribution >= 4 is 19.0 Å². The van der Waals surface area contributed by atoms with Gasteiger partial charge in [-0.05, 0) is 61.4 Å². The Morgan fingerprint density at radius 1 is 1.03 bits per heavy atom. The number of pyridine rings is 1. The molecule has 6 nitrogen and oxygen atoms in total. The fourth-order valence-electron chi connectivity index (χ4n) is 3.84. The first kappa shape index (κ1) is 22.3. The molecule has 4 aromatic rings. The molecule has 0 amide bonds. The van der Waals surface area contributed by atoms with E-state index in [1.54, 1.807) is 6.20 Å². The number of aromatic nitrogens is 4. The van der Waals surface area contributed by atoms with Crippen LogP contribution in [0.1, 0.15) is 11.1 Å². The first-order valence-electron chi connectivity index (χ1n) is 11.0. The largest absolute Gasteiger partial charge is 0.438 e. The molecular weight excluding hydrogens is 416 g/mol. The first-order valence-corrected chi connectivity index (χ1v) is 14.7. The van der Waals surface area contributed by atoms with Crippen LogP contribution < -0.4 is 4.74 Å². The van der Waals surface area contributed by atoms with Gasteiger partial charge in [-0.15, -0.1) is 0 Å². The maximum Gasteiger partial charge on any atom is 0.228 e.